The summed E-state index contributed by atoms with van der Waals surface area (Å²) in [5, 5.41) is 2.59. The fourth-order valence-electron chi connectivity index (χ4n) is 2.59. The van der Waals surface area contributed by atoms with Crippen LogP contribution in [0.4, 0.5) is 13.2 Å². The number of amides is 1. The van der Waals surface area contributed by atoms with E-state index in [1.807, 2.05) is 19.2 Å². The quantitative estimate of drug-likeness (QED) is 0.468. The number of fused-ring (bicyclic) bond motifs is 1. The maximum atomic E-state index is 13.1. The van der Waals surface area contributed by atoms with Crippen molar-refractivity contribution in [3.63, 3.8) is 0 Å². The number of carbonyl (C=O) groups is 1. The molecule has 0 radical (unpaired) electrons. The Hall–Kier alpha value is -2.40. The predicted octanol–water partition coefficient (Wildman–Crippen LogP) is 3.29. The minimum Gasteiger partial charge on any atom is -0.346 e. The number of thioether (sulfide) groups is 1. The molecule has 154 valence electrons. The van der Waals surface area contributed by atoms with Gasteiger partial charge in [0.25, 0.3) is 5.56 Å². The first-order chi connectivity index (χ1) is 13.7. The molecule has 0 saturated carbocycles. The first-order valence-electron chi connectivity index (χ1n) is 8.52. The van der Waals surface area contributed by atoms with Gasteiger partial charge >= 0.3 is 6.18 Å². The van der Waals surface area contributed by atoms with Crippen LogP contribution in [0.25, 0.3) is 10.2 Å². The minimum atomic E-state index is -4.48. The summed E-state index contributed by atoms with van der Waals surface area (Å²) in [5.74, 6) is -1.08. The van der Waals surface area contributed by atoms with Crippen molar-refractivity contribution in [2.45, 2.75) is 31.7 Å². The van der Waals surface area contributed by atoms with Gasteiger partial charge < -0.3 is 5.32 Å². The van der Waals surface area contributed by atoms with Gasteiger partial charge in [-0.3, -0.25) is 19.1 Å². The summed E-state index contributed by atoms with van der Waals surface area (Å²) in [7, 11) is 0. The van der Waals surface area contributed by atoms with Gasteiger partial charge in [-0.1, -0.05) is 17.8 Å². The number of halogens is 3. The molecule has 3 aromatic heterocycles. The van der Waals surface area contributed by atoms with E-state index >= 15 is 0 Å². The van der Waals surface area contributed by atoms with Gasteiger partial charge in [0.2, 0.25) is 5.91 Å². The molecule has 0 spiro atoms. The number of rotatable bonds is 6. The Kier molecular flexibility index (Phi) is 6.27. The zero-order valence-electron chi connectivity index (χ0n) is 15.5. The second-order valence-electron chi connectivity index (χ2n) is 6.25. The standard InChI is InChI=1S/C18H17F3N4O2S2/c1-10-11(2)29-15-14(10)16(27)25(7-12-5-3-4-6-22-12)17(24-15)28-8-13(26)23-9-18(19,20)21/h3-6H,7-9H2,1-2H3,(H,23,26). The summed E-state index contributed by atoms with van der Waals surface area (Å²) in [6, 6.07) is 5.30. The number of alkyl halides is 3. The molecule has 29 heavy (non-hydrogen) atoms. The molecule has 0 aliphatic rings. The highest BCUT2D eigenvalue weighted by molar-refractivity contribution is 7.99. The number of pyridine rings is 1. The summed E-state index contributed by atoms with van der Waals surface area (Å²) in [6.45, 7) is 2.48. The molecular weight excluding hydrogens is 425 g/mol. The van der Waals surface area contributed by atoms with E-state index in [2.05, 4.69) is 9.97 Å². The number of hydrogen-bond donors (Lipinski definition) is 1. The predicted molar refractivity (Wildman–Crippen MR) is 106 cm³/mol. The molecule has 0 saturated heterocycles. The van der Waals surface area contributed by atoms with Crippen LogP contribution in [0, 0.1) is 13.8 Å². The average Bonchev–Trinajstić information content (AvgIpc) is 2.95. The van der Waals surface area contributed by atoms with Gasteiger partial charge in [0.1, 0.15) is 11.4 Å². The molecule has 1 amide bonds. The first kappa shape index (κ1) is 21.3. The number of hydrogen-bond acceptors (Lipinski definition) is 6. The molecule has 1 N–H and O–H groups in total. The summed E-state index contributed by atoms with van der Waals surface area (Å²) in [6.07, 6.45) is -2.88. The number of aromatic nitrogens is 3. The highest BCUT2D eigenvalue weighted by Gasteiger charge is 2.27. The molecule has 3 aromatic rings. The van der Waals surface area contributed by atoms with E-state index in [-0.39, 0.29) is 23.0 Å². The Labute approximate surface area is 172 Å². The van der Waals surface area contributed by atoms with Crippen LogP contribution in [0.15, 0.2) is 34.3 Å². The molecule has 0 fully saturated rings. The minimum absolute atomic E-state index is 0.142. The van der Waals surface area contributed by atoms with Gasteiger partial charge in [-0.05, 0) is 31.5 Å². The van der Waals surface area contributed by atoms with Crippen molar-refractivity contribution in [3.05, 3.63) is 50.9 Å². The smallest absolute Gasteiger partial charge is 0.346 e. The highest BCUT2D eigenvalue weighted by atomic mass is 32.2. The SMILES string of the molecule is Cc1sc2nc(SCC(=O)NCC(F)(F)F)n(Cc3ccccn3)c(=O)c2c1C. The maximum absolute atomic E-state index is 13.1. The third-order valence-electron chi connectivity index (χ3n) is 4.12. The molecule has 11 heteroatoms. The lowest BCUT2D eigenvalue weighted by Gasteiger charge is -2.12. The largest absolute Gasteiger partial charge is 0.405 e. The fraction of sp³-hybridized carbons (Fsp3) is 0.333. The van der Waals surface area contributed by atoms with E-state index in [1.165, 1.54) is 15.9 Å². The molecule has 0 unspecified atom stereocenters. The molecule has 0 bridgehead atoms. The Balaban J connectivity index is 1.93. The number of nitrogens with zero attached hydrogens (tertiary/aromatic N) is 3. The van der Waals surface area contributed by atoms with Gasteiger partial charge in [-0.25, -0.2) is 4.98 Å². The highest BCUT2D eigenvalue weighted by Crippen LogP contribution is 2.28. The molecule has 3 rings (SSSR count). The van der Waals surface area contributed by atoms with Crippen LogP contribution in [-0.2, 0) is 11.3 Å². The molecule has 0 aliphatic carbocycles. The van der Waals surface area contributed by atoms with Crippen molar-refractivity contribution in [2.75, 3.05) is 12.3 Å². The summed E-state index contributed by atoms with van der Waals surface area (Å²) < 4.78 is 38.2. The Bertz CT molecular complexity index is 1090. The van der Waals surface area contributed by atoms with Crippen LogP contribution in [0.5, 0.6) is 0 Å². The third-order valence-corrected chi connectivity index (χ3v) is 6.20. The van der Waals surface area contributed by atoms with E-state index in [1.54, 1.807) is 24.4 Å². The monoisotopic (exact) mass is 442 g/mol. The van der Waals surface area contributed by atoms with Crippen LogP contribution in [-0.4, -0.2) is 38.9 Å². The molecule has 0 aromatic carbocycles. The van der Waals surface area contributed by atoms with Crippen LogP contribution in [0.3, 0.4) is 0 Å². The average molecular weight is 442 g/mol. The van der Waals surface area contributed by atoms with Gasteiger partial charge in [0.15, 0.2) is 5.16 Å². The number of thiophene rings is 1. The lowest BCUT2D eigenvalue weighted by molar-refractivity contribution is -0.136. The topological polar surface area (TPSA) is 76.9 Å². The third kappa shape index (κ3) is 5.15. The zero-order chi connectivity index (χ0) is 21.2. The van der Waals surface area contributed by atoms with Gasteiger partial charge in [-0.2, -0.15) is 13.2 Å². The van der Waals surface area contributed by atoms with Crippen molar-refractivity contribution in [1.82, 2.24) is 19.9 Å². The molecule has 0 aliphatic heterocycles. The van der Waals surface area contributed by atoms with Crippen LogP contribution < -0.4 is 10.9 Å². The second kappa shape index (κ2) is 8.54. The van der Waals surface area contributed by atoms with Crippen molar-refractivity contribution in [1.29, 1.82) is 0 Å². The molecule has 3 heterocycles. The zero-order valence-corrected chi connectivity index (χ0v) is 17.2. The van der Waals surface area contributed by atoms with E-state index in [0.29, 0.717) is 15.9 Å². The maximum Gasteiger partial charge on any atom is 0.405 e. The Morgan fingerprint density at radius 2 is 2.07 bits per heavy atom. The lowest BCUT2D eigenvalue weighted by atomic mass is 10.2. The normalized spacial score (nSPS) is 11.8. The van der Waals surface area contributed by atoms with Crippen molar-refractivity contribution in [2.24, 2.45) is 0 Å². The van der Waals surface area contributed by atoms with Crippen LogP contribution >= 0.6 is 23.1 Å². The Morgan fingerprint density at radius 1 is 1.31 bits per heavy atom. The summed E-state index contributed by atoms with van der Waals surface area (Å²) >= 11 is 2.29. The van der Waals surface area contributed by atoms with E-state index in [4.69, 9.17) is 0 Å². The van der Waals surface area contributed by atoms with Gasteiger partial charge in [0, 0.05) is 11.1 Å². The summed E-state index contributed by atoms with van der Waals surface area (Å²) in [5.41, 5.74) is 1.21. The van der Waals surface area contributed by atoms with Crippen molar-refractivity contribution >= 4 is 39.2 Å². The van der Waals surface area contributed by atoms with Crippen LogP contribution in [0.2, 0.25) is 0 Å². The molecule has 6 nitrogen and oxygen atoms in total. The van der Waals surface area contributed by atoms with E-state index in [0.717, 1.165) is 22.2 Å². The number of carbonyl (C=O) groups excluding carboxylic acids is 1. The summed E-state index contributed by atoms with van der Waals surface area (Å²) in [4.78, 5) is 35.1. The van der Waals surface area contributed by atoms with Gasteiger partial charge in [0.05, 0.1) is 23.4 Å². The van der Waals surface area contributed by atoms with Crippen molar-refractivity contribution < 1.29 is 18.0 Å². The molecular formula is C18H17F3N4O2S2. The van der Waals surface area contributed by atoms with E-state index < -0.39 is 18.6 Å². The second-order valence-corrected chi connectivity index (χ2v) is 8.40. The lowest BCUT2D eigenvalue weighted by Crippen LogP contribution is -2.35. The van der Waals surface area contributed by atoms with Crippen molar-refractivity contribution in [3.8, 4) is 0 Å². The number of aryl methyl sites for hydroxylation is 2. The number of nitrogens with one attached hydrogen (secondary N) is 1. The van der Waals surface area contributed by atoms with Crippen LogP contribution in [0.1, 0.15) is 16.1 Å². The van der Waals surface area contributed by atoms with E-state index in [9.17, 15) is 22.8 Å². The fourth-order valence-corrected chi connectivity index (χ4v) is 4.49. The Morgan fingerprint density at radius 3 is 2.72 bits per heavy atom. The van der Waals surface area contributed by atoms with Gasteiger partial charge in [-0.15, -0.1) is 11.3 Å². The molecule has 0 atom stereocenters. The first-order valence-corrected chi connectivity index (χ1v) is 10.3.